The van der Waals surface area contributed by atoms with Crippen molar-refractivity contribution in [2.24, 2.45) is 0 Å². The summed E-state index contributed by atoms with van der Waals surface area (Å²) in [5.41, 5.74) is 1.75. The van der Waals surface area contributed by atoms with Crippen molar-refractivity contribution in [3.63, 3.8) is 0 Å². The van der Waals surface area contributed by atoms with Crippen LogP contribution in [0.25, 0.3) is 0 Å². The van der Waals surface area contributed by atoms with Crippen LogP contribution >= 0.6 is 0 Å². The summed E-state index contributed by atoms with van der Waals surface area (Å²) in [5.74, 6) is -0.0353. The van der Waals surface area contributed by atoms with Crippen LogP contribution in [0.4, 0.5) is 10.2 Å². The number of anilines is 1. The minimum atomic E-state index is -0.424. The normalized spacial score (nSPS) is 11.7. The molecular formula is C17H19FN2O3. The molecule has 0 amide bonds. The quantitative estimate of drug-likeness (QED) is 0.855. The maximum atomic E-state index is 13.8. The third-order valence-electron chi connectivity index (χ3n) is 3.53. The molecule has 2 rings (SSSR count). The molecule has 0 bridgehead atoms. The average molecular weight is 318 g/mol. The molecule has 0 saturated heterocycles. The van der Waals surface area contributed by atoms with E-state index in [0.717, 1.165) is 5.56 Å². The lowest BCUT2D eigenvalue weighted by Gasteiger charge is -2.16. The van der Waals surface area contributed by atoms with Gasteiger partial charge in [-0.05, 0) is 43.7 Å². The Hall–Kier alpha value is -2.63. The molecule has 23 heavy (non-hydrogen) atoms. The van der Waals surface area contributed by atoms with E-state index in [9.17, 15) is 9.18 Å². The van der Waals surface area contributed by atoms with Crippen LogP contribution in [0.2, 0.25) is 0 Å². The fraction of sp³-hybridized carbons (Fsp3) is 0.294. The number of pyridine rings is 1. The molecule has 122 valence electrons. The smallest absolute Gasteiger partial charge is 0.339 e. The number of nitrogens with one attached hydrogen (secondary N) is 1. The van der Waals surface area contributed by atoms with Gasteiger partial charge in [0.1, 0.15) is 5.82 Å². The summed E-state index contributed by atoms with van der Waals surface area (Å²) >= 11 is 0. The van der Waals surface area contributed by atoms with Gasteiger partial charge in [-0.3, -0.25) is 0 Å². The minimum absolute atomic E-state index is 0.161. The number of aryl methyl sites for hydroxylation is 1. The predicted molar refractivity (Wildman–Crippen MR) is 85.3 cm³/mol. The number of hydrogen-bond acceptors (Lipinski definition) is 5. The Balaban J connectivity index is 2.17. The van der Waals surface area contributed by atoms with Crippen molar-refractivity contribution in [3.05, 3.63) is 53.0 Å². The Labute approximate surface area is 134 Å². The van der Waals surface area contributed by atoms with Gasteiger partial charge >= 0.3 is 5.97 Å². The molecule has 1 aromatic carbocycles. The molecule has 5 nitrogen and oxygen atoms in total. The molecule has 1 atom stereocenters. The second-order valence-corrected chi connectivity index (χ2v) is 5.08. The number of aromatic nitrogens is 1. The van der Waals surface area contributed by atoms with E-state index in [2.05, 4.69) is 15.0 Å². The third-order valence-corrected chi connectivity index (χ3v) is 3.53. The van der Waals surface area contributed by atoms with Gasteiger partial charge in [-0.1, -0.05) is 6.07 Å². The first kappa shape index (κ1) is 16.7. The minimum Gasteiger partial charge on any atom is -0.494 e. The Morgan fingerprint density at radius 1 is 1.26 bits per heavy atom. The average Bonchev–Trinajstić information content (AvgIpc) is 2.54. The van der Waals surface area contributed by atoms with Crippen LogP contribution in [0.5, 0.6) is 5.75 Å². The number of nitrogens with zero attached hydrogens (tertiary/aromatic N) is 1. The first-order valence-electron chi connectivity index (χ1n) is 7.12. The molecular weight excluding hydrogens is 299 g/mol. The van der Waals surface area contributed by atoms with Gasteiger partial charge in [0.25, 0.3) is 0 Å². The van der Waals surface area contributed by atoms with Gasteiger partial charge in [-0.2, -0.15) is 0 Å². The van der Waals surface area contributed by atoms with Crippen LogP contribution in [-0.4, -0.2) is 25.2 Å². The summed E-state index contributed by atoms with van der Waals surface area (Å²) in [4.78, 5) is 15.9. The summed E-state index contributed by atoms with van der Waals surface area (Å²) in [6.07, 6.45) is 0. The summed E-state index contributed by atoms with van der Waals surface area (Å²) in [6.45, 7) is 3.63. The SMILES string of the molecule is COC(=O)c1ccc(NC(C)c2ccc(OC)c(F)c2)nc1C. The molecule has 6 heteroatoms. The van der Waals surface area contributed by atoms with Crippen molar-refractivity contribution in [1.82, 2.24) is 4.98 Å². The van der Waals surface area contributed by atoms with Crippen molar-refractivity contribution in [3.8, 4) is 5.75 Å². The van der Waals surface area contributed by atoms with Gasteiger partial charge in [0.05, 0.1) is 31.5 Å². The topological polar surface area (TPSA) is 60.5 Å². The summed E-state index contributed by atoms with van der Waals surface area (Å²) in [7, 11) is 2.75. The lowest BCUT2D eigenvalue weighted by Crippen LogP contribution is -2.11. The fourth-order valence-electron chi connectivity index (χ4n) is 2.22. The molecule has 1 unspecified atom stereocenters. The van der Waals surface area contributed by atoms with E-state index < -0.39 is 11.8 Å². The molecule has 1 heterocycles. The van der Waals surface area contributed by atoms with E-state index in [1.807, 2.05) is 6.92 Å². The van der Waals surface area contributed by atoms with Crippen molar-refractivity contribution in [2.45, 2.75) is 19.9 Å². The summed E-state index contributed by atoms with van der Waals surface area (Å²) < 4.78 is 23.4. The van der Waals surface area contributed by atoms with E-state index in [1.54, 1.807) is 31.2 Å². The van der Waals surface area contributed by atoms with Gasteiger partial charge in [-0.25, -0.2) is 14.2 Å². The maximum absolute atomic E-state index is 13.8. The molecule has 2 aromatic rings. The fourth-order valence-corrected chi connectivity index (χ4v) is 2.22. The highest BCUT2D eigenvalue weighted by Crippen LogP contribution is 2.24. The molecule has 0 spiro atoms. The largest absolute Gasteiger partial charge is 0.494 e. The van der Waals surface area contributed by atoms with Crippen LogP contribution in [0.15, 0.2) is 30.3 Å². The van der Waals surface area contributed by atoms with Crippen LogP contribution in [0.1, 0.15) is 34.6 Å². The zero-order valence-corrected chi connectivity index (χ0v) is 13.5. The zero-order chi connectivity index (χ0) is 17.0. The molecule has 0 aliphatic heterocycles. The standard InChI is InChI=1S/C17H19FN2O3/c1-10(12-5-7-15(22-3)14(18)9-12)19-16-8-6-13(11(2)20-16)17(21)23-4/h5-10H,1-4H3,(H,19,20). The lowest BCUT2D eigenvalue weighted by molar-refractivity contribution is 0.0599. The van der Waals surface area contributed by atoms with E-state index in [0.29, 0.717) is 17.1 Å². The van der Waals surface area contributed by atoms with Crippen LogP contribution < -0.4 is 10.1 Å². The molecule has 0 fully saturated rings. The molecule has 0 aliphatic rings. The molecule has 0 saturated carbocycles. The number of methoxy groups -OCH3 is 2. The van der Waals surface area contributed by atoms with Gasteiger partial charge < -0.3 is 14.8 Å². The first-order chi connectivity index (χ1) is 11.0. The molecule has 0 aliphatic carbocycles. The van der Waals surface area contributed by atoms with E-state index in [1.165, 1.54) is 20.3 Å². The maximum Gasteiger partial charge on any atom is 0.339 e. The molecule has 1 N–H and O–H groups in total. The summed E-state index contributed by atoms with van der Waals surface area (Å²) in [5, 5.41) is 3.18. The number of halogens is 1. The van der Waals surface area contributed by atoms with Crippen LogP contribution in [0.3, 0.4) is 0 Å². The number of esters is 1. The number of hydrogen-bond donors (Lipinski definition) is 1. The molecule has 0 radical (unpaired) electrons. The van der Waals surface area contributed by atoms with Gasteiger partial charge in [0.2, 0.25) is 0 Å². The molecule has 1 aromatic heterocycles. The lowest BCUT2D eigenvalue weighted by atomic mass is 10.1. The Morgan fingerprint density at radius 2 is 2.00 bits per heavy atom. The van der Waals surface area contributed by atoms with E-state index in [4.69, 9.17) is 4.74 Å². The van der Waals surface area contributed by atoms with Crippen molar-refractivity contribution in [2.75, 3.05) is 19.5 Å². The van der Waals surface area contributed by atoms with Crippen LogP contribution in [-0.2, 0) is 4.74 Å². The van der Waals surface area contributed by atoms with Crippen LogP contribution in [0, 0.1) is 12.7 Å². The summed E-state index contributed by atoms with van der Waals surface area (Å²) in [6, 6.07) is 7.97. The Bertz CT molecular complexity index is 719. The number of carbonyl (C=O) groups excluding carboxylic acids is 1. The number of rotatable bonds is 5. The Kier molecular flexibility index (Phi) is 5.16. The van der Waals surface area contributed by atoms with E-state index >= 15 is 0 Å². The van der Waals surface area contributed by atoms with Crippen molar-refractivity contribution < 1.29 is 18.7 Å². The highest BCUT2D eigenvalue weighted by Gasteiger charge is 2.13. The first-order valence-corrected chi connectivity index (χ1v) is 7.12. The monoisotopic (exact) mass is 318 g/mol. The van der Waals surface area contributed by atoms with Crippen molar-refractivity contribution >= 4 is 11.8 Å². The van der Waals surface area contributed by atoms with Gasteiger partial charge in [0.15, 0.2) is 11.6 Å². The van der Waals surface area contributed by atoms with E-state index in [-0.39, 0.29) is 11.8 Å². The van der Waals surface area contributed by atoms with Crippen molar-refractivity contribution in [1.29, 1.82) is 0 Å². The number of ether oxygens (including phenoxy) is 2. The highest BCUT2D eigenvalue weighted by atomic mass is 19.1. The Morgan fingerprint density at radius 3 is 2.57 bits per heavy atom. The van der Waals surface area contributed by atoms with Gasteiger partial charge in [-0.15, -0.1) is 0 Å². The van der Waals surface area contributed by atoms with Gasteiger partial charge in [0, 0.05) is 0 Å². The number of carbonyl (C=O) groups is 1. The zero-order valence-electron chi connectivity index (χ0n) is 13.5. The second-order valence-electron chi connectivity index (χ2n) is 5.08. The second kappa shape index (κ2) is 7.09. The third kappa shape index (κ3) is 3.77. The number of benzene rings is 1. The predicted octanol–water partition coefficient (Wildman–Crippen LogP) is 3.50. The highest BCUT2D eigenvalue weighted by molar-refractivity contribution is 5.90.